The lowest BCUT2D eigenvalue weighted by atomic mass is 9.99. The van der Waals surface area contributed by atoms with Gasteiger partial charge in [0.05, 0.1) is 12.2 Å². The molecule has 0 fully saturated rings. The van der Waals surface area contributed by atoms with Gasteiger partial charge in [0.25, 0.3) is 0 Å². The van der Waals surface area contributed by atoms with Crippen LogP contribution in [0.2, 0.25) is 0 Å². The van der Waals surface area contributed by atoms with Crippen LogP contribution in [0.15, 0.2) is 0 Å². The van der Waals surface area contributed by atoms with Crippen LogP contribution >= 0.6 is 0 Å². The van der Waals surface area contributed by atoms with Crippen LogP contribution in [0.3, 0.4) is 0 Å². The van der Waals surface area contributed by atoms with E-state index in [2.05, 4.69) is 39.9 Å². The van der Waals surface area contributed by atoms with Gasteiger partial charge in [-0.3, -0.25) is 0 Å². The van der Waals surface area contributed by atoms with Crippen molar-refractivity contribution in [1.82, 2.24) is 5.32 Å². The number of hydrogen-bond donors (Lipinski definition) is 1. The predicted octanol–water partition coefficient (Wildman–Crippen LogP) is 2.83. The second-order valence-electron chi connectivity index (χ2n) is 4.70. The van der Waals surface area contributed by atoms with Crippen molar-refractivity contribution < 1.29 is 4.74 Å². The van der Waals surface area contributed by atoms with Gasteiger partial charge in [-0.2, -0.15) is 0 Å². The van der Waals surface area contributed by atoms with Crippen molar-refractivity contribution in [1.29, 1.82) is 0 Å². The Morgan fingerprint density at radius 2 is 1.86 bits per heavy atom. The van der Waals surface area contributed by atoms with Gasteiger partial charge in [-0.05, 0) is 33.2 Å². The van der Waals surface area contributed by atoms with Gasteiger partial charge in [0.2, 0.25) is 0 Å². The van der Waals surface area contributed by atoms with Crippen molar-refractivity contribution in [3.63, 3.8) is 0 Å². The van der Waals surface area contributed by atoms with E-state index in [9.17, 15) is 0 Å². The number of likely N-dealkylation sites (N-methyl/N-ethyl adjacent to an activating group) is 1. The second-order valence-corrected chi connectivity index (χ2v) is 4.70. The fourth-order valence-electron chi connectivity index (χ4n) is 1.23. The molecule has 14 heavy (non-hydrogen) atoms. The molecule has 0 radical (unpaired) electrons. The molecule has 0 heterocycles. The molecule has 2 atom stereocenters. The van der Waals surface area contributed by atoms with Crippen molar-refractivity contribution in [2.24, 2.45) is 5.92 Å². The largest absolute Gasteiger partial charge is 0.374 e. The standard InChI is InChI=1S/C12H27NO/c1-7-10(3)11(13-6)9-14-12(4,5)8-2/h10-11,13H,7-9H2,1-6H3. The summed E-state index contributed by atoms with van der Waals surface area (Å²) in [5, 5.41) is 3.32. The Morgan fingerprint density at radius 1 is 1.29 bits per heavy atom. The summed E-state index contributed by atoms with van der Waals surface area (Å²) in [5.41, 5.74) is 0.0164. The molecule has 0 spiro atoms. The molecule has 1 N–H and O–H groups in total. The maximum Gasteiger partial charge on any atom is 0.0629 e. The van der Waals surface area contributed by atoms with E-state index in [4.69, 9.17) is 4.74 Å². The molecule has 0 aromatic rings. The summed E-state index contributed by atoms with van der Waals surface area (Å²) >= 11 is 0. The summed E-state index contributed by atoms with van der Waals surface area (Å²) in [6, 6.07) is 0.478. The topological polar surface area (TPSA) is 21.3 Å². The Kier molecular flexibility index (Phi) is 6.38. The Hall–Kier alpha value is -0.0800. The van der Waals surface area contributed by atoms with Gasteiger partial charge in [-0.15, -0.1) is 0 Å². The molecule has 0 aromatic heterocycles. The molecule has 0 saturated carbocycles. The zero-order chi connectivity index (χ0) is 11.2. The van der Waals surface area contributed by atoms with Crippen molar-refractivity contribution in [3.8, 4) is 0 Å². The highest BCUT2D eigenvalue weighted by Gasteiger charge is 2.20. The third kappa shape index (κ3) is 4.97. The summed E-state index contributed by atoms with van der Waals surface area (Å²) in [7, 11) is 2.01. The van der Waals surface area contributed by atoms with Crippen LogP contribution in [-0.2, 0) is 4.74 Å². The highest BCUT2D eigenvalue weighted by atomic mass is 16.5. The summed E-state index contributed by atoms with van der Waals surface area (Å²) in [4.78, 5) is 0. The fraction of sp³-hybridized carbons (Fsp3) is 1.00. The van der Waals surface area contributed by atoms with Gasteiger partial charge in [0.15, 0.2) is 0 Å². The van der Waals surface area contributed by atoms with Crippen LogP contribution in [-0.4, -0.2) is 25.3 Å². The van der Waals surface area contributed by atoms with Gasteiger partial charge < -0.3 is 10.1 Å². The van der Waals surface area contributed by atoms with Gasteiger partial charge in [-0.1, -0.05) is 27.2 Å². The third-order valence-electron chi connectivity index (χ3n) is 3.21. The van der Waals surface area contributed by atoms with E-state index < -0.39 is 0 Å². The van der Waals surface area contributed by atoms with Crippen LogP contribution < -0.4 is 5.32 Å². The van der Waals surface area contributed by atoms with Crippen molar-refractivity contribution in [2.45, 2.75) is 59.1 Å². The average Bonchev–Trinajstić information content (AvgIpc) is 2.18. The minimum absolute atomic E-state index is 0.0164. The number of hydrogen-bond acceptors (Lipinski definition) is 2. The molecule has 2 nitrogen and oxygen atoms in total. The first-order chi connectivity index (χ1) is 6.46. The molecule has 0 saturated heterocycles. The van der Waals surface area contributed by atoms with Crippen LogP contribution in [0.25, 0.3) is 0 Å². The summed E-state index contributed by atoms with van der Waals surface area (Å²) in [5.74, 6) is 0.674. The molecule has 0 aliphatic rings. The van der Waals surface area contributed by atoms with Gasteiger partial charge in [-0.25, -0.2) is 0 Å². The van der Waals surface area contributed by atoms with Crippen LogP contribution in [0.4, 0.5) is 0 Å². The molecule has 0 aliphatic carbocycles. The van der Waals surface area contributed by atoms with Crippen molar-refractivity contribution >= 4 is 0 Å². The summed E-state index contributed by atoms with van der Waals surface area (Å²) in [6.45, 7) is 11.8. The minimum atomic E-state index is 0.0164. The van der Waals surface area contributed by atoms with E-state index in [1.54, 1.807) is 0 Å². The average molecular weight is 201 g/mol. The minimum Gasteiger partial charge on any atom is -0.374 e. The van der Waals surface area contributed by atoms with Gasteiger partial charge in [0, 0.05) is 6.04 Å². The number of nitrogens with one attached hydrogen (secondary N) is 1. The highest BCUT2D eigenvalue weighted by molar-refractivity contribution is 4.73. The lowest BCUT2D eigenvalue weighted by molar-refractivity contribution is -0.0356. The van der Waals surface area contributed by atoms with Crippen LogP contribution in [0.1, 0.15) is 47.5 Å². The number of ether oxygens (including phenoxy) is 1. The normalized spacial score (nSPS) is 16.7. The van der Waals surface area contributed by atoms with Gasteiger partial charge in [0.1, 0.15) is 0 Å². The molecule has 86 valence electrons. The van der Waals surface area contributed by atoms with Crippen molar-refractivity contribution in [2.75, 3.05) is 13.7 Å². The van der Waals surface area contributed by atoms with Crippen molar-refractivity contribution in [3.05, 3.63) is 0 Å². The quantitative estimate of drug-likeness (QED) is 0.684. The molecule has 2 unspecified atom stereocenters. The lowest BCUT2D eigenvalue weighted by Crippen LogP contribution is -2.39. The Bertz CT molecular complexity index is 145. The van der Waals surface area contributed by atoms with E-state index >= 15 is 0 Å². The van der Waals surface area contributed by atoms with Crippen LogP contribution in [0, 0.1) is 5.92 Å². The number of rotatable bonds is 7. The van der Waals surface area contributed by atoms with E-state index in [-0.39, 0.29) is 5.60 Å². The molecule has 0 aliphatic heterocycles. The van der Waals surface area contributed by atoms with E-state index in [0.29, 0.717) is 12.0 Å². The molecule has 0 rings (SSSR count). The Morgan fingerprint density at radius 3 is 2.21 bits per heavy atom. The van der Waals surface area contributed by atoms with E-state index in [0.717, 1.165) is 13.0 Å². The predicted molar refractivity (Wildman–Crippen MR) is 62.6 cm³/mol. The molecule has 0 aromatic carbocycles. The highest BCUT2D eigenvalue weighted by Crippen LogP contribution is 2.16. The molecule has 2 heteroatoms. The summed E-state index contributed by atoms with van der Waals surface area (Å²) in [6.07, 6.45) is 2.26. The zero-order valence-corrected chi connectivity index (χ0v) is 10.7. The Balaban J connectivity index is 3.95. The maximum absolute atomic E-state index is 5.89. The monoisotopic (exact) mass is 201 g/mol. The first kappa shape index (κ1) is 13.9. The second kappa shape index (κ2) is 6.41. The van der Waals surface area contributed by atoms with E-state index in [1.165, 1.54) is 6.42 Å². The fourth-order valence-corrected chi connectivity index (χ4v) is 1.23. The molecular weight excluding hydrogens is 174 g/mol. The van der Waals surface area contributed by atoms with Crippen LogP contribution in [0.5, 0.6) is 0 Å². The summed E-state index contributed by atoms with van der Waals surface area (Å²) < 4.78 is 5.89. The smallest absolute Gasteiger partial charge is 0.0629 e. The molecule has 0 amide bonds. The molecule has 0 bridgehead atoms. The first-order valence-corrected chi connectivity index (χ1v) is 5.78. The molecular formula is C12H27NO. The lowest BCUT2D eigenvalue weighted by Gasteiger charge is -2.29. The maximum atomic E-state index is 5.89. The first-order valence-electron chi connectivity index (χ1n) is 5.78. The SMILES string of the molecule is CCC(C)C(COC(C)(C)CC)NC. The third-order valence-corrected chi connectivity index (χ3v) is 3.21. The van der Waals surface area contributed by atoms with E-state index in [1.807, 2.05) is 7.05 Å². The van der Waals surface area contributed by atoms with Gasteiger partial charge >= 0.3 is 0 Å². The zero-order valence-electron chi connectivity index (χ0n) is 10.7. The Labute approximate surface area is 89.4 Å².